The molecule has 26 heavy (non-hydrogen) atoms. The Labute approximate surface area is 156 Å². The van der Waals surface area contributed by atoms with E-state index in [-0.39, 0.29) is 29.8 Å². The first-order valence-electron chi connectivity index (χ1n) is 8.19. The summed E-state index contributed by atoms with van der Waals surface area (Å²) < 4.78 is 39.5. The van der Waals surface area contributed by atoms with Crippen LogP contribution in [0, 0.1) is 11.7 Å². The van der Waals surface area contributed by atoms with Crippen LogP contribution in [-0.2, 0) is 14.8 Å². The topological polar surface area (TPSA) is 66.5 Å². The highest BCUT2D eigenvalue weighted by Gasteiger charge is 2.32. The maximum atomic E-state index is 13.0. The fourth-order valence-electron chi connectivity index (χ4n) is 2.91. The average molecular weight is 397 g/mol. The van der Waals surface area contributed by atoms with Crippen LogP contribution in [0.1, 0.15) is 12.8 Å². The van der Waals surface area contributed by atoms with Crippen molar-refractivity contribution in [2.24, 2.45) is 5.92 Å². The van der Waals surface area contributed by atoms with Gasteiger partial charge in [0.2, 0.25) is 15.9 Å². The van der Waals surface area contributed by atoms with Gasteiger partial charge in [-0.1, -0.05) is 23.7 Å². The fraction of sp³-hybridized carbons (Fsp3) is 0.278. The monoisotopic (exact) mass is 396 g/mol. The van der Waals surface area contributed by atoms with Gasteiger partial charge >= 0.3 is 0 Å². The summed E-state index contributed by atoms with van der Waals surface area (Å²) in [6.45, 7) is 0.473. The third kappa shape index (κ3) is 4.06. The number of amides is 1. The van der Waals surface area contributed by atoms with E-state index in [4.69, 9.17) is 11.6 Å². The number of halogens is 2. The Morgan fingerprint density at radius 3 is 2.31 bits per heavy atom. The predicted octanol–water partition coefficient (Wildman–Crippen LogP) is 3.52. The van der Waals surface area contributed by atoms with E-state index in [1.807, 2.05) is 0 Å². The van der Waals surface area contributed by atoms with Crippen LogP contribution in [0.5, 0.6) is 0 Å². The van der Waals surface area contributed by atoms with Crippen LogP contribution in [-0.4, -0.2) is 31.7 Å². The maximum Gasteiger partial charge on any atom is 0.243 e. The zero-order chi connectivity index (χ0) is 18.7. The lowest BCUT2D eigenvalue weighted by Crippen LogP contribution is -2.41. The van der Waals surface area contributed by atoms with Crippen molar-refractivity contribution in [3.05, 3.63) is 59.4 Å². The highest BCUT2D eigenvalue weighted by Crippen LogP contribution is 2.26. The van der Waals surface area contributed by atoms with E-state index < -0.39 is 15.8 Å². The van der Waals surface area contributed by atoms with Crippen LogP contribution in [0.15, 0.2) is 53.4 Å². The quantitative estimate of drug-likeness (QED) is 0.859. The van der Waals surface area contributed by atoms with Crippen molar-refractivity contribution in [2.75, 3.05) is 18.4 Å². The average Bonchev–Trinajstić information content (AvgIpc) is 2.64. The lowest BCUT2D eigenvalue weighted by Gasteiger charge is -2.30. The van der Waals surface area contributed by atoms with Crippen molar-refractivity contribution in [1.29, 1.82) is 0 Å². The molecule has 0 spiro atoms. The minimum absolute atomic E-state index is 0.0536. The molecule has 1 aliphatic rings. The van der Waals surface area contributed by atoms with E-state index in [1.54, 1.807) is 24.3 Å². The Morgan fingerprint density at radius 2 is 1.69 bits per heavy atom. The third-order valence-corrected chi connectivity index (χ3v) is 6.65. The van der Waals surface area contributed by atoms with Crippen LogP contribution < -0.4 is 5.32 Å². The molecule has 2 aromatic rings. The molecule has 1 saturated heterocycles. The number of carbonyl (C=O) groups excluding carboxylic acids is 1. The van der Waals surface area contributed by atoms with Gasteiger partial charge in [-0.2, -0.15) is 4.31 Å². The van der Waals surface area contributed by atoms with Crippen molar-refractivity contribution in [3.8, 4) is 0 Å². The van der Waals surface area contributed by atoms with Gasteiger partial charge < -0.3 is 5.32 Å². The Kier molecular flexibility index (Phi) is 5.60. The van der Waals surface area contributed by atoms with Gasteiger partial charge in [0.1, 0.15) is 5.82 Å². The molecule has 138 valence electrons. The van der Waals surface area contributed by atoms with Crippen molar-refractivity contribution in [2.45, 2.75) is 17.7 Å². The maximum absolute atomic E-state index is 13.0. The molecular formula is C18H18ClFN2O3S. The van der Waals surface area contributed by atoms with Crippen molar-refractivity contribution in [3.63, 3.8) is 0 Å². The molecule has 8 heteroatoms. The van der Waals surface area contributed by atoms with Gasteiger partial charge in [-0.25, -0.2) is 12.8 Å². The Hall–Kier alpha value is -1.96. The van der Waals surface area contributed by atoms with Gasteiger partial charge in [-0.15, -0.1) is 0 Å². The number of nitrogens with one attached hydrogen (secondary N) is 1. The number of piperidine rings is 1. The van der Waals surface area contributed by atoms with Crippen molar-refractivity contribution >= 4 is 33.2 Å². The van der Waals surface area contributed by atoms with E-state index in [0.29, 0.717) is 23.6 Å². The summed E-state index contributed by atoms with van der Waals surface area (Å²) in [6.07, 6.45) is 0.827. The minimum Gasteiger partial charge on any atom is -0.325 e. The highest BCUT2D eigenvalue weighted by atomic mass is 35.5. The van der Waals surface area contributed by atoms with Crippen molar-refractivity contribution in [1.82, 2.24) is 4.31 Å². The Bertz CT molecular complexity index is 895. The largest absolute Gasteiger partial charge is 0.325 e. The van der Waals surface area contributed by atoms with Gasteiger partial charge in [0.25, 0.3) is 0 Å². The molecule has 1 aliphatic heterocycles. The molecule has 1 fully saturated rings. The SMILES string of the molecule is O=C(Nc1ccccc1Cl)C1CCN(S(=O)(=O)c2ccc(F)cc2)CC1. The summed E-state index contributed by atoms with van der Waals surface area (Å²) in [5.74, 6) is -0.943. The number of sulfonamides is 1. The molecule has 0 bridgehead atoms. The molecule has 1 amide bonds. The molecule has 0 radical (unpaired) electrons. The smallest absolute Gasteiger partial charge is 0.243 e. The molecule has 0 aromatic heterocycles. The molecular weight excluding hydrogens is 379 g/mol. The van der Waals surface area contributed by atoms with Crippen LogP contribution in [0.3, 0.4) is 0 Å². The minimum atomic E-state index is -3.68. The normalized spacial score (nSPS) is 16.4. The number of benzene rings is 2. The van der Waals surface area contributed by atoms with Crippen LogP contribution >= 0.6 is 11.6 Å². The summed E-state index contributed by atoms with van der Waals surface area (Å²) in [5, 5.41) is 3.25. The lowest BCUT2D eigenvalue weighted by molar-refractivity contribution is -0.120. The molecule has 1 N–H and O–H groups in total. The van der Waals surface area contributed by atoms with Gasteiger partial charge in [0.15, 0.2) is 0 Å². The molecule has 3 rings (SSSR count). The van der Waals surface area contributed by atoms with E-state index >= 15 is 0 Å². The first-order chi connectivity index (χ1) is 12.4. The Balaban J connectivity index is 1.62. The second-order valence-electron chi connectivity index (χ2n) is 6.10. The predicted molar refractivity (Wildman–Crippen MR) is 98.0 cm³/mol. The number of anilines is 1. The van der Waals surface area contributed by atoms with E-state index in [2.05, 4.69) is 5.32 Å². The number of rotatable bonds is 4. The number of nitrogens with zero attached hydrogens (tertiary/aromatic N) is 1. The summed E-state index contributed by atoms with van der Waals surface area (Å²) in [6, 6.07) is 11.7. The molecule has 2 aromatic carbocycles. The molecule has 0 atom stereocenters. The van der Waals surface area contributed by atoms with E-state index in [0.717, 1.165) is 12.1 Å². The number of hydrogen-bond donors (Lipinski definition) is 1. The van der Waals surface area contributed by atoms with Gasteiger partial charge in [-0.3, -0.25) is 4.79 Å². The third-order valence-electron chi connectivity index (χ3n) is 4.41. The molecule has 0 saturated carbocycles. The standard InChI is InChI=1S/C18H18ClFN2O3S/c19-16-3-1-2-4-17(16)21-18(23)13-9-11-22(12-10-13)26(24,25)15-7-5-14(20)6-8-15/h1-8,13H,9-12H2,(H,21,23). The summed E-state index contributed by atoms with van der Waals surface area (Å²) in [4.78, 5) is 12.5. The number of carbonyl (C=O) groups is 1. The second-order valence-corrected chi connectivity index (χ2v) is 8.45. The van der Waals surface area contributed by atoms with Crippen LogP contribution in [0.4, 0.5) is 10.1 Å². The molecule has 1 heterocycles. The zero-order valence-corrected chi connectivity index (χ0v) is 15.4. The van der Waals surface area contributed by atoms with Gasteiger partial charge in [0, 0.05) is 19.0 Å². The Morgan fingerprint density at radius 1 is 1.08 bits per heavy atom. The summed E-state index contributed by atoms with van der Waals surface area (Å²) in [7, 11) is -3.68. The van der Waals surface area contributed by atoms with Crippen LogP contribution in [0.2, 0.25) is 5.02 Å². The molecule has 0 aliphatic carbocycles. The van der Waals surface area contributed by atoms with Gasteiger partial charge in [0.05, 0.1) is 15.6 Å². The molecule has 0 unspecified atom stereocenters. The summed E-state index contributed by atoms with van der Waals surface area (Å²) in [5.41, 5.74) is 0.542. The number of hydrogen-bond acceptors (Lipinski definition) is 3. The van der Waals surface area contributed by atoms with E-state index in [9.17, 15) is 17.6 Å². The lowest BCUT2D eigenvalue weighted by atomic mass is 9.97. The second kappa shape index (κ2) is 7.73. The summed E-state index contributed by atoms with van der Waals surface area (Å²) >= 11 is 6.04. The van der Waals surface area contributed by atoms with Crippen molar-refractivity contribution < 1.29 is 17.6 Å². The number of para-hydroxylation sites is 1. The van der Waals surface area contributed by atoms with Gasteiger partial charge in [-0.05, 0) is 49.2 Å². The first-order valence-corrected chi connectivity index (χ1v) is 10.0. The zero-order valence-electron chi connectivity index (χ0n) is 13.9. The fourth-order valence-corrected chi connectivity index (χ4v) is 4.56. The molecule has 5 nitrogen and oxygen atoms in total. The van der Waals surface area contributed by atoms with E-state index in [1.165, 1.54) is 16.4 Å². The highest BCUT2D eigenvalue weighted by molar-refractivity contribution is 7.89. The van der Waals surface area contributed by atoms with Crippen LogP contribution in [0.25, 0.3) is 0 Å². The first kappa shape index (κ1) is 18.8.